The summed E-state index contributed by atoms with van der Waals surface area (Å²) in [5.74, 6) is 3.15. The fourth-order valence-electron chi connectivity index (χ4n) is 1.57. The Morgan fingerprint density at radius 3 is 2.88 bits per heavy atom. The van der Waals surface area contributed by atoms with Crippen molar-refractivity contribution in [1.29, 1.82) is 0 Å². The lowest BCUT2D eigenvalue weighted by Crippen LogP contribution is -2.43. The normalized spacial score (nSPS) is 14.8. The van der Waals surface area contributed by atoms with E-state index in [1.54, 1.807) is 6.26 Å². The maximum Gasteiger partial charge on any atom is 0.113 e. The van der Waals surface area contributed by atoms with E-state index < -0.39 is 0 Å². The summed E-state index contributed by atoms with van der Waals surface area (Å²) in [5, 5.41) is 12.4. The van der Waals surface area contributed by atoms with E-state index in [4.69, 9.17) is 4.42 Å². The first-order chi connectivity index (χ1) is 8.20. The van der Waals surface area contributed by atoms with Gasteiger partial charge in [-0.3, -0.25) is 0 Å². The predicted molar refractivity (Wildman–Crippen MR) is 73.3 cm³/mol. The summed E-state index contributed by atoms with van der Waals surface area (Å²) in [4.78, 5) is 0. The molecule has 3 nitrogen and oxygen atoms in total. The van der Waals surface area contributed by atoms with Gasteiger partial charge >= 0.3 is 0 Å². The average Bonchev–Trinajstić information content (AvgIpc) is 2.86. The molecule has 0 bridgehead atoms. The number of thioether (sulfide) groups is 1. The Balaban J connectivity index is 2.01. The Bertz CT molecular complexity index is 284. The molecule has 98 valence electrons. The first kappa shape index (κ1) is 14.6. The summed E-state index contributed by atoms with van der Waals surface area (Å²) in [6.45, 7) is 2.26. The minimum Gasteiger partial charge on any atom is -0.468 e. The van der Waals surface area contributed by atoms with E-state index in [1.165, 1.54) is 6.42 Å². The molecule has 0 aliphatic rings. The van der Waals surface area contributed by atoms with Gasteiger partial charge in [0.05, 0.1) is 18.6 Å². The molecule has 4 heteroatoms. The molecule has 0 spiro atoms. The minimum atomic E-state index is -0.119. The topological polar surface area (TPSA) is 45.4 Å². The second-order valence-electron chi connectivity index (χ2n) is 4.56. The van der Waals surface area contributed by atoms with Gasteiger partial charge in [-0.2, -0.15) is 11.8 Å². The Kier molecular flexibility index (Phi) is 6.70. The Morgan fingerprint density at radius 1 is 1.47 bits per heavy atom. The zero-order valence-electron chi connectivity index (χ0n) is 10.7. The molecule has 0 aliphatic heterocycles. The van der Waals surface area contributed by atoms with Crippen molar-refractivity contribution in [3.63, 3.8) is 0 Å². The molecular formula is C13H23NO2S. The summed E-state index contributed by atoms with van der Waals surface area (Å²) in [6, 6.07) is 3.94. The highest BCUT2D eigenvalue weighted by atomic mass is 32.2. The third kappa shape index (κ3) is 5.61. The molecule has 17 heavy (non-hydrogen) atoms. The van der Waals surface area contributed by atoms with Crippen LogP contribution in [0.1, 0.15) is 31.9 Å². The number of unbranched alkanes of at least 4 members (excludes halogenated alkanes) is 1. The molecule has 0 radical (unpaired) electrons. The van der Waals surface area contributed by atoms with Crippen molar-refractivity contribution in [3.05, 3.63) is 24.2 Å². The Morgan fingerprint density at radius 2 is 2.29 bits per heavy atom. The third-order valence-electron chi connectivity index (χ3n) is 3.04. The van der Waals surface area contributed by atoms with Crippen LogP contribution in [-0.2, 0) is 5.75 Å². The zero-order valence-corrected chi connectivity index (χ0v) is 11.6. The van der Waals surface area contributed by atoms with E-state index in [0.29, 0.717) is 0 Å². The number of aliphatic hydroxyl groups is 1. The number of rotatable bonds is 9. The fraction of sp³-hybridized carbons (Fsp3) is 0.692. The van der Waals surface area contributed by atoms with Crippen molar-refractivity contribution in [2.45, 2.75) is 37.5 Å². The van der Waals surface area contributed by atoms with Gasteiger partial charge in [0, 0.05) is 5.54 Å². The molecule has 1 aromatic heterocycles. The molecule has 1 atom stereocenters. The standard InChI is InChI=1S/C13H23NO2S/c1-13(11-15,14-2)7-3-4-9-17-10-12-6-5-8-16-12/h5-6,8,14-15H,3-4,7,9-11H2,1-2H3. The van der Waals surface area contributed by atoms with Gasteiger partial charge in [-0.1, -0.05) is 6.42 Å². The number of furan rings is 1. The van der Waals surface area contributed by atoms with Gasteiger partial charge in [-0.25, -0.2) is 0 Å². The molecule has 0 saturated heterocycles. The van der Waals surface area contributed by atoms with E-state index in [9.17, 15) is 5.11 Å². The number of hydrogen-bond donors (Lipinski definition) is 2. The van der Waals surface area contributed by atoms with E-state index >= 15 is 0 Å². The van der Waals surface area contributed by atoms with Crippen LogP contribution < -0.4 is 5.32 Å². The molecule has 0 fully saturated rings. The van der Waals surface area contributed by atoms with Crippen LogP contribution in [0.15, 0.2) is 22.8 Å². The van der Waals surface area contributed by atoms with Crippen molar-refractivity contribution in [3.8, 4) is 0 Å². The van der Waals surface area contributed by atoms with E-state index in [1.807, 2.05) is 30.9 Å². The molecule has 0 aliphatic carbocycles. The Labute approximate surface area is 108 Å². The zero-order chi connectivity index (χ0) is 12.6. The minimum absolute atomic E-state index is 0.119. The molecular weight excluding hydrogens is 234 g/mol. The first-order valence-corrected chi connectivity index (χ1v) is 7.25. The highest BCUT2D eigenvalue weighted by Gasteiger charge is 2.19. The summed E-state index contributed by atoms with van der Waals surface area (Å²) in [5.41, 5.74) is -0.119. The highest BCUT2D eigenvalue weighted by molar-refractivity contribution is 7.98. The van der Waals surface area contributed by atoms with Crippen molar-refractivity contribution >= 4 is 11.8 Å². The van der Waals surface area contributed by atoms with Gasteiger partial charge in [0.2, 0.25) is 0 Å². The van der Waals surface area contributed by atoms with Gasteiger partial charge in [0.25, 0.3) is 0 Å². The number of nitrogens with one attached hydrogen (secondary N) is 1. The second-order valence-corrected chi connectivity index (χ2v) is 5.66. The molecule has 1 heterocycles. The molecule has 0 aromatic carbocycles. The Hall–Kier alpha value is -0.450. The first-order valence-electron chi connectivity index (χ1n) is 6.10. The van der Waals surface area contributed by atoms with Crippen LogP contribution in [0, 0.1) is 0 Å². The van der Waals surface area contributed by atoms with Gasteiger partial charge in [0.15, 0.2) is 0 Å². The molecule has 1 rings (SSSR count). The van der Waals surface area contributed by atoms with Crippen LogP contribution in [-0.4, -0.2) is 30.1 Å². The SMILES string of the molecule is CNC(C)(CO)CCCCSCc1ccco1. The number of hydrogen-bond acceptors (Lipinski definition) is 4. The quantitative estimate of drug-likeness (QED) is 0.668. The molecule has 0 amide bonds. The monoisotopic (exact) mass is 257 g/mol. The van der Waals surface area contributed by atoms with Crippen LogP contribution in [0.5, 0.6) is 0 Å². The van der Waals surface area contributed by atoms with Gasteiger partial charge < -0.3 is 14.8 Å². The highest BCUT2D eigenvalue weighted by Crippen LogP contribution is 2.17. The molecule has 0 saturated carbocycles. The molecule has 1 unspecified atom stereocenters. The van der Waals surface area contributed by atoms with Gasteiger partial charge in [0.1, 0.15) is 5.76 Å². The third-order valence-corrected chi connectivity index (χ3v) is 4.11. The van der Waals surface area contributed by atoms with Gasteiger partial charge in [-0.05, 0) is 44.7 Å². The van der Waals surface area contributed by atoms with E-state index in [2.05, 4.69) is 12.2 Å². The maximum atomic E-state index is 9.23. The van der Waals surface area contributed by atoms with E-state index in [-0.39, 0.29) is 12.1 Å². The second kappa shape index (κ2) is 7.80. The summed E-state index contributed by atoms with van der Waals surface area (Å²) in [7, 11) is 1.90. The number of aliphatic hydroxyl groups excluding tert-OH is 1. The number of likely N-dealkylation sites (N-methyl/N-ethyl adjacent to an activating group) is 1. The van der Waals surface area contributed by atoms with E-state index in [0.717, 1.165) is 30.1 Å². The van der Waals surface area contributed by atoms with Crippen LogP contribution in [0.4, 0.5) is 0 Å². The lowest BCUT2D eigenvalue weighted by atomic mass is 9.96. The van der Waals surface area contributed by atoms with Crippen LogP contribution in [0.3, 0.4) is 0 Å². The van der Waals surface area contributed by atoms with Crippen LogP contribution in [0.25, 0.3) is 0 Å². The van der Waals surface area contributed by atoms with Crippen LogP contribution >= 0.6 is 11.8 Å². The predicted octanol–water partition coefficient (Wildman–Crippen LogP) is 2.65. The van der Waals surface area contributed by atoms with Crippen molar-refractivity contribution in [2.75, 3.05) is 19.4 Å². The molecule has 1 aromatic rings. The fourth-order valence-corrected chi connectivity index (χ4v) is 2.49. The lowest BCUT2D eigenvalue weighted by Gasteiger charge is -2.26. The lowest BCUT2D eigenvalue weighted by molar-refractivity contribution is 0.171. The summed E-state index contributed by atoms with van der Waals surface area (Å²) < 4.78 is 5.27. The van der Waals surface area contributed by atoms with Crippen molar-refractivity contribution < 1.29 is 9.52 Å². The largest absolute Gasteiger partial charge is 0.468 e. The van der Waals surface area contributed by atoms with Crippen molar-refractivity contribution in [1.82, 2.24) is 5.32 Å². The van der Waals surface area contributed by atoms with Crippen molar-refractivity contribution in [2.24, 2.45) is 0 Å². The average molecular weight is 257 g/mol. The van der Waals surface area contributed by atoms with Crippen LogP contribution in [0.2, 0.25) is 0 Å². The smallest absolute Gasteiger partial charge is 0.113 e. The summed E-state index contributed by atoms with van der Waals surface area (Å²) >= 11 is 1.90. The summed E-state index contributed by atoms with van der Waals surface area (Å²) in [6.07, 6.45) is 5.06. The maximum absolute atomic E-state index is 9.23. The molecule has 2 N–H and O–H groups in total. The van der Waals surface area contributed by atoms with Gasteiger partial charge in [-0.15, -0.1) is 0 Å².